The monoisotopic (exact) mass is 222 g/mol. The highest BCUT2D eigenvalue weighted by atomic mass is 16.6. The van der Waals surface area contributed by atoms with Gasteiger partial charge in [0.2, 0.25) is 5.91 Å². The van der Waals surface area contributed by atoms with Crippen molar-refractivity contribution in [3.63, 3.8) is 0 Å². The minimum Gasteiger partial charge on any atom is -0.394 e. The minimum absolute atomic E-state index is 0.462. The SMILES string of the molecule is CC(=O)N[C@@H]1C(O)O[C@H]([13CH2]O)[C@@H](O)[C@@H]1O. The topological polar surface area (TPSA) is 119 Å². The highest BCUT2D eigenvalue weighted by Gasteiger charge is 2.43. The predicted molar refractivity (Wildman–Crippen MR) is 47.6 cm³/mol. The average molecular weight is 222 g/mol. The molecule has 7 nitrogen and oxygen atoms in total. The lowest BCUT2D eigenvalue weighted by atomic mass is 9.99. The number of carbonyl (C=O) groups is 1. The van der Waals surface area contributed by atoms with E-state index in [9.17, 15) is 20.1 Å². The van der Waals surface area contributed by atoms with Crippen LogP contribution in [0.5, 0.6) is 0 Å². The second-order valence-corrected chi connectivity index (χ2v) is 3.46. The van der Waals surface area contributed by atoms with Crippen LogP contribution in [-0.2, 0) is 9.53 Å². The van der Waals surface area contributed by atoms with Gasteiger partial charge >= 0.3 is 0 Å². The summed E-state index contributed by atoms with van der Waals surface area (Å²) in [6, 6.07) is -1.10. The number of aliphatic hydroxyl groups excluding tert-OH is 4. The molecule has 15 heavy (non-hydrogen) atoms. The van der Waals surface area contributed by atoms with Gasteiger partial charge in [0.1, 0.15) is 24.4 Å². The summed E-state index contributed by atoms with van der Waals surface area (Å²) in [5.41, 5.74) is 0. The summed E-state index contributed by atoms with van der Waals surface area (Å²) in [6.07, 6.45) is -5.24. The molecule has 1 saturated heterocycles. The van der Waals surface area contributed by atoms with Crippen molar-refractivity contribution in [2.75, 3.05) is 6.61 Å². The van der Waals surface area contributed by atoms with Crippen molar-refractivity contribution >= 4 is 5.91 Å². The van der Waals surface area contributed by atoms with E-state index >= 15 is 0 Å². The molecule has 1 aliphatic heterocycles. The third-order valence-corrected chi connectivity index (χ3v) is 2.27. The van der Waals surface area contributed by atoms with Gasteiger partial charge in [-0.25, -0.2) is 0 Å². The molecule has 0 aromatic rings. The number of hydrogen-bond acceptors (Lipinski definition) is 6. The standard InChI is InChI=1S/C8H15NO6/c1-3(11)9-5-7(13)6(12)4(2-10)15-8(5)14/h4-8,10,12-14H,2H2,1H3,(H,9,11)/t4-,5+,6-,7-,8?/m1/s1/i2+1. The predicted octanol–water partition coefficient (Wildman–Crippen LogP) is -3.08. The molecular weight excluding hydrogens is 207 g/mol. The second kappa shape index (κ2) is 4.86. The molecule has 0 aliphatic carbocycles. The Hall–Kier alpha value is -0.730. The molecule has 88 valence electrons. The lowest BCUT2D eigenvalue weighted by Crippen LogP contribution is -2.63. The minimum atomic E-state index is -1.45. The summed E-state index contributed by atoms with van der Waals surface area (Å²) in [4.78, 5) is 10.7. The van der Waals surface area contributed by atoms with Gasteiger partial charge in [-0.05, 0) is 0 Å². The molecule has 7 heteroatoms. The van der Waals surface area contributed by atoms with Gasteiger partial charge in [0.15, 0.2) is 6.29 Å². The van der Waals surface area contributed by atoms with Gasteiger partial charge in [0.05, 0.1) is 6.61 Å². The molecule has 1 heterocycles. The zero-order valence-corrected chi connectivity index (χ0v) is 8.20. The molecule has 0 aromatic carbocycles. The molecule has 0 spiro atoms. The van der Waals surface area contributed by atoms with Crippen LogP contribution >= 0.6 is 0 Å². The van der Waals surface area contributed by atoms with Gasteiger partial charge < -0.3 is 30.5 Å². The quantitative estimate of drug-likeness (QED) is 0.316. The summed E-state index contributed by atoms with van der Waals surface area (Å²) in [6.45, 7) is 0.687. The van der Waals surface area contributed by atoms with E-state index in [1.165, 1.54) is 6.92 Å². The van der Waals surface area contributed by atoms with E-state index in [2.05, 4.69) is 5.32 Å². The lowest BCUT2D eigenvalue weighted by Gasteiger charge is -2.40. The smallest absolute Gasteiger partial charge is 0.217 e. The van der Waals surface area contributed by atoms with Crippen LogP contribution in [0, 0.1) is 0 Å². The van der Waals surface area contributed by atoms with Crippen LogP contribution in [0.15, 0.2) is 0 Å². The van der Waals surface area contributed by atoms with Crippen molar-refractivity contribution in [1.29, 1.82) is 0 Å². The Morgan fingerprint density at radius 3 is 2.40 bits per heavy atom. The van der Waals surface area contributed by atoms with Gasteiger partial charge in [0, 0.05) is 6.92 Å². The number of hydrogen-bond donors (Lipinski definition) is 5. The molecule has 0 saturated carbocycles. The third kappa shape index (κ3) is 2.64. The Bertz CT molecular complexity index is 235. The molecule has 1 aliphatic rings. The van der Waals surface area contributed by atoms with E-state index in [0.29, 0.717) is 0 Å². The third-order valence-electron chi connectivity index (χ3n) is 2.27. The molecule has 1 fully saturated rings. The van der Waals surface area contributed by atoms with E-state index < -0.39 is 43.2 Å². The Morgan fingerprint density at radius 1 is 1.33 bits per heavy atom. The fourth-order valence-corrected chi connectivity index (χ4v) is 1.49. The van der Waals surface area contributed by atoms with E-state index in [4.69, 9.17) is 9.84 Å². The van der Waals surface area contributed by atoms with Gasteiger partial charge in [-0.15, -0.1) is 0 Å². The zero-order valence-electron chi connectivity index (χ0n) is 8.20. The summed E-state index contributed by atoms with van der Waals surface area (Å²) < 4.78 is 4.81. The van der Waals surface area contributed by atoms with Gasteiger partial charge in [0.25, 0.3) is 0 Å². The Kier molecular flexibility index (Phi) is 4.00. The van der Waals surface area contributed by atoms with Crippen molar-refractivity contribution in [3.8, 4) is 0 Å². The number of rotatable bonds is 2. The van der Waals surface area contributed by atoms with Crippen LogP contribution < -0.4 is 5.32 Å². The fraction of sp³-hybridized carbons (Fsp3) is 0.875. The van der Waals surface area contributed by atoms with Crippen LogP contribution in [0.2, 0.25) is 0 Å². The highest BCUT2D eigenvalue weighted by molar-refractivity contribution is 5.73. The number of amides is 1. The maximum atomic E-state index is 10.7. The van der Waals surface area contributed by atoms with E-state index in [-0.39, 0.29) is 0 Å². The molecule has 5 atom stereocenters. The van der Waals surface area contributed by atoms with Crippen molar-refractivity contribution in [2.45, 2.75) is 37.6 Å². The molecule has 1 amide bonds. The maximum Gasteiger partial charge on any atom is 0.217 e. The van der Waals surface area contributed by atoms with Crippen molar-refractivity contribution < 1.29 is 30.0 Å². The largest absolute Gasteiger partial charge is 0.394 e. The fourth-order valence-electron chi connectivity index (χ4n) is 1.49. The molecule has 0 radical (unpaired) electrons. The van der Waals surface area contributed by atoms with Crippen molar-refractivity contribution in [2.24, 2.45) is 0 Å². The second-order valence-electron chi connectivity index (χ2n) is 3.46. The molecule has 1 unspecified atom stereocenters. The maximum absolute atomic E-state index is 10.7. The number of ether oxygens (including phenoxy) is 1. The molecular formula is C8H15NO6. The van der Waals surface area contributed by atoms with Crippen molar-refractivity contribution in [3.05, 3.63) is 0 Å². The van der Waals surface area contributed by atoms with Gasteiger partial charge in [-0.3, -0.25) is 4.79 Å². The van der Waals surface area contributed by atoms with E-state index in [0.717, 1.165) is 0 Å². The Balaban J connectivity index is 2.70. The molecule has 5 N–H and O–H groups in total. The number of nitrogens with one attached hydrogen (secondary N) is 1. The molecule has 0 aromatic heterocycles. The van der Waals surface area contributed by atoms with Crippen LogP contribution in [0.4, 0.5) is 0 Å². The average Bonchev–Trinajstić information content (AvgIpc) is 2.18. The number of carbonyl (C=O) groups excluding carboxylic acids is 1. The summed E-state index contributed by atoms with van der Waals surface area (Å²) in [7, 11) is 0. The van der Waals surface area contributed by atoms with E-state index in [1.807, 2.05) is 0 Å². The Morgan fingerprint density at radius 2 is 1.93 bits per heavy atom. The molecule has 0 bridgehead atoms. The van der Waals surface area contributed by atoms with Crippen molar-refractivity contribution in [1.82, 2.24) is 5.32 Å². The molecule has 1 rings (SSSR count). The van der Waals surface area contributed by atoms with E-state index in [1.54, 1.807) is 0 Å². The first-order valence-corrected chi connectivity index (χ1v) is 4.55. The highest BCUT2D eigenvalue weighted by Crippen LogP contribution is 2.19. The number of aliphatic hydroxyl groups is 4. The first-order chi connectivity index (χ1) is 6.97. The summed E-state index contributed by atoms with van der Waals surface area (Å²) >= 11 is 0. The Labute approximate surface area is 86.3 Å². The normalized spacial score (nSPS) is 41.3. The first-order valence-electron chi connectivity index (χ1n) is 4.55. The van der Waals surface area contributed by atoms with Crippen LogP contribution in [0.1, 0.15) is 6.92 Å². The summed E-state index contributed by atoms with van der Waals surface area (Å²) in [5.74, 6) is -0.462. The summed E-state index contributed by atoms with van der Waals surface area (Å²) in [5, 5.41) is 39.4. The zero-order chi connectivity index (χ0) is 11.6. The van der Waals surface area contributed by atoms with Crippen LogP contribution in [-0.4, -0.2) is 63.6 Å². The first kappa shape index (κ1) is 12.3. The van der Waals surface area contributed by atoms with Gasteiger partial charge in [-0.2, -0.15) is 0 Å². The lowest BCUT2D eigenvalue weighted by molar-refractivity contribution is -0.253. The van der Waals surface area contributed by atoms with Crippen LogP contribution in [0.25, 0.3) is 0 Å². The van der Waals surface area contributed by atoms with Gasteiger partial charge in [-0.1, -0.05) is 0 Å². The van der Waals surface area contributed by atoms with Crippen LogP contribution in [0.3, 0.4) is 0 Å².